The molecule has 0 spiro atoms. The van der Waals surface area contributed by atoms with Crippen molar-refractivity contribution in [3.05, 3.63) is 12.3 Å². The summed E-state index contributed by atoms with van der Waals surface area (Å²) in [5.74, 6) is -0.884. The van der Waals surface area contributed by atoms with Crippen LogP contribution >= 0.6 is 0 Å². The van der Waals surface area contributed by atoms with Gasteiger partial charge in [0.25, 0.3) is 0 Å². The standard InChI is InChI=1S/C7H12O5/c1-5(11-2)7(10)12-4-6(9)3-8/h6,8-9H,1,3-4H2,2H3. The second-order valence-electron chi connectivity index (χ2n) is 2.06. The highest BCUT2D eigenvalue weighted by Gasteiger charge is 2.10. The summed E-state index contributed by atoms with van der Waals surface area (Å²) in [6, 6.07) is 0. The topological polar surface area (TPSA) is 76.0 Å². The Morgan fingerprint density at radius 2 is 2.25 bits per heavy atom. The largest absolute Gasteiger partial charge is 0.490 e. The highest BCUT2D eigenvalue weighted by molar-refractivity contribution is 5.85. The number of aliphatic hydroxyl groups excluding tert-OH is 2. The number of ether oxygens (including phenoxy) is 2. The number of methoxy groups -OCH3 is 1. The molecule has 0 aromatic rings. The monoisotopic (exact) mass is 176 g/mol. The maximum Gasteiger partial charge on any atom is 0.373 e. The molecule has 0 aliphatic rings. The van der Waals surface area contributed by atoms with Crippen molar-refractivity contribution in [1.29, 1.82) is 0 Å². The zero-order valence-corrected chi connectivity index (χ0v) is 6.82. The molecule has 0 aliphatic carbocycles. The van der Waals surface area contributed by atoms with Crippen LogP contribution in [0.15, 0.2) is 12.3 Å². The molecule has 0 saturated carbocycles. The smallest absolute Gasteiger partial charge is 0.373 e. The summed E-state index contributed by atoms with van der Waals surface area (Å²) >= 11 is 0. The molecule has 0 aliphatic heterocycles. The molecule has 0 bridgehead atoms. The highest BCUT2D eigenvalue weighted by Crippen LogP contribution is 1.95. The van der Waals surface area contributed by atoms with Gasteiger partial charge in [-0.15, -0.1) is 0 Å². The van der Waals surface area contributed by atoms with Crippen molar-refractivity contribution in [1.82, 2.24) is 0 Å². The van der Waals surface area contributed by atoms with E-state index in [2.05, 4.69) is 16.1 Å². The van der Waals surface area contributed by atoms with Crippen LogP contribution in [0.2, 0.25) is 0 Å². The molecule has 0 heterocycles. The van der Waals surface area contributed by atoms with Crippen molar-refractivity contribution in [2.75, 3.05) is 20.3 Å². The zero-order valence-electron chi connectivity index (χ0n) is 6.82. The number of carbonyl (C=O) groups excluding carboxylic acids is 1. The summed E-state index contributed by atoms with van der Waals surface area (Å²) in [6.07, 6.45) is -1.06. The maximum atomic E-state index is 10.8. The molecule has 0 fully saturated rings. The second-order valence-corrected chi connectivity index (χ2v) is 2.06. The minimum atomic E-state index is -1.06. The van der Waals surface area contributed by atoms with Crippen molar-refractivity contribution >= 4 is 5.97 Å². The molecule has 0 amide bonds. The average molecular weight is 176 g/mol. The summed E-state index contributed by atoms with van der Waals surface area (Å²) < 4.78 is 8.94. The van der Waals surface area contributed by atoms with Gasteiger partial charge in [0.15, 0.2) is 5.76 Å². The van der Waals surface area contributed by atoms with E-state index in [1.165, 1.54) is 7.11 Å². The van der Waals surface area contributed by atoms with Crippen LogP contribution in [0.5, 0.6) is 0 Å². The summed E-state index contributed by atoms with van der Waals surface area (Å²) in [5, 5.41) is 17.1. The predicted molar refractivity (Wildman–Crippen MR) is 40.2 cm³/mol. The van der Waals surface area contributed by atoms with Crippen molar-refractivity contribution in [2.24, 2.45) is 0 Å². The Hall–Kier alpha value is -1.07. The molecule has 2 N–H and O–H groups in total. The van der Waals surface area contributed by atoms with Gasteiger partial charge in [-0.3, -0.25) is 0 Å². The lowest BCUT2D eigenvalue weighted by Crippen LogP contribution is -2.22. The normalized spacial score (nSPS) is 11.9. The van der Waals surface area contributed by atoms with E-state index in [0.717, 1.165) is 0 Å². The van der Waals surface area contributed by atoms with E-state index in [1.54, 1.807) is 0 Å². The molecule has 1 unspecified atom stereocenters. The molecule has 5 heteroatoms. The van der Waals surface area contributed by atoms with Crippen molar-refractivity contribution in [3.8, 4) is 0 Å². The van der Waals surface area contributed by atoms with Gasteiger partial charge >= 0.3 is 5.97 Å². The van der Waals surface area contributed by atoms with E-state index < -0.39 is 18.7 Å². The van der Waals surface area contributed by atoms with E-state index in [-0.39, 0.29) is 12.4 Å². The number of hydrogen-bond acceptors (Lipinski definition) is 5. The molecule has 5 nitrogen and oxygen atoms in total. The fourth-order valence-corrected chi connectivity index (χ4v) is 0.388. The molecule has 0 rings (SSSR count). The molecule has 0 radical (unpaired) electrons. The Kier molecular flexibility index (Phi) is 5.07. The lowest BCUT2D eigenvalue weighted by Gasteiger charge is -2.08. The average Bonchev–Trinajstić information content (AvgIpc) is 2.11. The van der Waals surface area contributed by atoms with Crippen LogP contribution in [-0.2, 0) is 14.3 Å². The van der Waals surface area contributed by atoms with Crippen LogP contribution < -0.4 is 0 Å². The third kappa shape index (κ3) is 3.95. The first-order valence-corrected chi connectivity index (χ1v) is 3.30. The van der Waals surface area contributed by atoms with Gasteiger partial charge < -0.3 is 19.7 Å². The van der Waals surface area contributed by atoms with Gasteiger partial charge in [0.1, 0.15) is 12.7 Å². The van der Waals surface area contributed by atoms with Crippen LogP contribution in [-0.4, -0.2) is 42.6 Å². The number of aliphatic hydroxyl groups is 2. The Labute approximate surface area is 70.2 Å². The molecule has 70 valence electrons. The van der Waals surface area contributed by atoms with Gasteiger partial charge in [0.05, 0.1) is 13.7 Å². The minimum Gasteiger partial charge on any atom is -0.490 e. The van der Waals surface area contributed by atoms with Crippen LogP contribution in [0.3, 0.4) is 0 Å². The molecule has 0 saturated heterocycles. The highest BCUT2D eigenvalue weighted by atomic mass is 16.6. The lowest BCUT2D eigenvalue weighted by atomic mass is 10.4. The van der Waals surface area contributed by atoms with Crippen LogP contribution in [0.4, 0.5) is 0 Å². The van der Waals surface area contributed by atoms with Crippen LogP contribution in [0.1, 0.15) is 0 Å². The third-order valence-electron chi connectivity index (χ3n) is 1.09. The molecule has 1 atom stereocenters. The Morgan fingerprint density at radius 3 is 2.67 bits per heavy atom. The maximum absolute atomic E-state index is 10.8. The first-order valence-electron chi connectivity index (χ1n) is 3.30. The van der Waals surface area contributed by atoms with Crippen LogP contribution in [0, 0.1) is 0 Å². The fraction of sp³-hybridized carbons (Fsp3) is 0.571. The van der Waals surface area contributed by atoms with E-state index in [4.69, 9.17) is 10.2 Å². The van der Waals surface area contributed by atoms with E-state index >= 15 is 0 Å². The second kappa shape index (κ2) is 5.56. The fourth-order valence-electron chi connectivity index (χ4n) is 0.388. The first kappa shape index (κ1) is 10.9. The van der Waals surface area contributed by atoms with Crippen molar-refractivity contribution in [3.63, 3.8) is 0 Å². The summed E-state index contributed by atoms with van der Waals surface area (Å²) in [7, 11) is 1.28. The van der Waals surface area contributed by atoms with Gasteiger partial charge in [-0.2, -0.15) is 0 Å². The van der Waals surface area contributed by atoms with Crippen molar-refractivity contribution < 1.29 is 24.5 Å². The Morgan fingerprint density at radius 1 is 1.67 bits per heavy atom. The van der Waals surface area contributed by atoms with Gasteiger partial charge in [-0.05, 0) is 6.58 Å². The van der Waals surface area contributed by atoms with Gasteiger partial charge in [-0.1, -0.05) is 0 Å². The van der Waals surface area contributed by atoms with Gasteiger partial charge in [0, 0.05) is 0 Å². The first-order chi connectivity index (χ1) is 5.61. The Bertz CT molecular complexity index is 165. The molecule has 0 aromatic heterocycles. The van der Waals surface area contributed by atoms with E-state index in [0.29, 0.717) is 0 Å². The summed E-state index contributed by atoms with van der Waals surface area (Å²) in [5.41, 5.74) is 0. The summed E-state index contributed by atoms with van der Waals surface area (Å²) in [6.45, 7) is 2.52. The van der Waals surface area contributed by atoms with Gasteiger partial charge in [-0.25, -0.2) is 4.79 Å². The third-order valence-corrected chi connectivity index (χ3v) is 1.09. The van der Waals surface area contributed by atoms with E-state index in [9.17, 15) is 4.79 Å². The quantitative estimate of drug-likeness (QED) is 0.320. The molecular formula is C7H12O5. The number of esters is 1. The number of rotatable bonds is 5. The molecule has 12 heavy (non-hydrogen) atoms. The van der Waals surface area contributed by atoms with Crippen LogP contribution in [0.25, 0.3) is 0 Å². The molecule has 0 aromatic carbocycles. The predicted octanol–water partition coefficient (Wildman–Crippen LogP) is -0.957. The Balaban J connectivity index is 3.64. The molecular weight excluding hydrogens is 164 g/mol. The van der Waals surface area contributed by atoms with E-state index in [1.807, 2.05) is 0 Å². The minimum absolute atomic E-state index is 0.139. The SMILES string of the molecule is C=C(OC)C(=O)OCC(O)CO. The van der Waals surface area contributed by atoms with Crippen molar-refractivity contribution in [2.45, 2.75) is 6.10 Å². The van der Waals surface area contributed by atoms with Gasteiger partial charge in [0.2, 0.25) is 0 Å². The number of hydrogen-bond donors (Lipinski definition) is 2. The number of carbonyl (C=O) groups is 1. The lowest BCUT2D eigenvalue weighted by molar-refractivity contribution is -0.146. The summed E-state index contributed by atoms with van der Waals surface area (Å²) in [4.78, 5) is 10.8. The zero-order chi connectivity index (χ0) is 9.56.